The summed E-state index contributed by atoms with van der Waals surface area (Å²) in [5.74, 6) is -1.19. The highest BCUT2D eigenvalue weighted by Gasteiger charge is 2.40. The van der Waals surface area contributed by atoms with Crippen LogP contribution in [0.1, 0.15) is 24.8 Å². The largest absolute Gasteiger partial charge is 0.481 e. The van der Waals surface area contributed by atoms with E-state index in [-0.39, 0.29) is 13.0 Å². The van der Waals surface area contributed by atoms with Crippen LogP contribution in [0.5, 0.6) is 0 Å². The van der Waals surface area contributed by atoms with Crippen molar-refractivity contribution in [2.45, 2.75) is 38.1 Å². The van der Waals surface area contributed by atoms with Crippen molar-refractivity contribution in [3.8, 4) is 0 Å². The Bertz CT molecular complexity index is 491. The molecular weight excluding hydrogens is 303 g/mol. The van der Waals surface area contributed by atoms with Gasteiger partial charge in [0.15, 0.2) is 0 Å². The van der Waals surface area contributed by atoms with Gasteiger partial charge in [0.1, 0.15) is 12.6 Å². The number of carbonyl (C=O) groups excluding carboxylic acids is 1. The number of carboxylic acids is 1. The lowest BCUT2D eigenvalue weighted by molar-refractivity contribution is -0.157. The number of alkyl carbamates (subject to hydrolysis) is 1. The van der Waals surface area contributed by atoms with Gasteiger partial charge in [-0.05, 0) is 18.4 Å². The third kappa shape index (κ3) is 6.96. The lowest BCUT2D eigenvalue weighted by Crippen LogP contribution is -2.45. The van der Waals surface area contributed by atoms with Crippen molar-refractivity contribution in [1.82, 2.24) is 5.32 Å². The van der Waals surface area contributed by atoms with E-state index >= 15 is 0 Å². The fraction of sp³-hybridized carbons (Fsp3) is 0.429. The lowest BCUT2D eigenvalue weighted by Gasteiger charge is -2.21. The molecule has 0 saturated carbocycles. The molecule has 0 aliphatic rings. The van der Waals surface area contributed by atoms with E-state index in [0.29, 0.717) is 5.56 Å². The third-order valence-corrected chi connectivity index (χ3v) is 2.78. The molecule has 0 aliphatic heterocycles. The Morgan fingerprint density at radius 1 is 1.23 bits per heavy atom. The number of amides is 1. The van der Waals surface area contributed by atoms with Crippen molar-refractivity contribution in [2.24, 2.45) is 0 Å². The highest BCUT2D eigenvalue weighted by atomic mass is 19.4. The van der Waals surface area contributed by atoms with Crippen molar-refractivity contribution < 1.29 is 32.6 Å². The molecule has 0 fully saturated rings. The van der Waals surface area contributed by atoms with Gasteiger partial charge in [0.2, 0.25) is 0 Å². The molecule has 122 valence electrons. The minimum absolute atomic E-state index is 0.146. The monoisotopic (exact) mass is 319 g/mol. The van der Waals surface area contributed by atoms with Crippen molar-refractivity contribution in [3.63, 3.8) is 0 Å². The van der Waals surface area contributed by atoms with Crippen molar-refractivity contribution in [1.29, 1.82) is 0 Å². The van der Waals surface area contributed by atoms with Crippen LogP contribution in [0.4, 0.5) is 18.0 Å². The molecule has 1 aromatic rings. The molecule has 1 aromatic carbocycles. The number of aliphatic carboxylic acids is 1. The molecule has 5 nitrogen and oxygen atoms in total. The number of ether oxygens (including phenoxy) is 1. The number of hydrogen-bond donors (Lipinski definition) is 2. The topological polar surface area (TPSA) is 75.6 Å². The van der Waals surface area contributed by atoms with Crippen molar-refractivity contribution in [2.75, 3.05) is 0 Å². The first-order valence-electron chi connectivity index (χ1n) is 6.54. The van der Waals surface area contributed by atoms with Crippen LogP contribution in [0.3, 0.4) is 0 Å². The molecule has 22 heavy (non-hydrogen) atoms. The second kappa shape index (κ2) is 8.26. The zero-order chi connectivity index (χ0) is 16.6. The zero-order valence-electron chi connectivity index (χ0n) is 11.6. The van der Waals surface area contributed by atoms with E-state index in [1.54, 1.807) is 35.6 Å². The Morgan fingerprint density at radius 2 is 1.86 bits per heavy atom. The summed E-state index contributed by atoms with van der Waals surface area (Å²) in [5.41, 5.74) is 0.645. The molecular formula is C14H16F3NO4. The number of alkyl halides is 3. The molecule has 1 atom stereocenters. The molecule has 0 spiro atoms. The van der Waals surface area contributed by atoms with E-state index in [0.717, 1.165) is 0 Å². The Hall–Kier alpha value is -2.25. The van der Waals surface area contributed by atoms with Crippen LogP contribution >= 0.6 is 0 Å². The Kier molecular flexibility index (Phi) is 6.68. The van der Waals surface area contributed by atoms with Crippen LogP contribution in [0.2, 0.25) is 0 Å². The van der Waals surface area contributed by atoms with Crippen LogP contribution in [0.15, 0.2) is 30.3 Å². The second-order valence-corrected chi connectivity index (χ2v) is 4.59. The Balaban J connectivity index is 2.46. The van der Waals surface area contributed by atoms with Gasteiger partial charge in [-0.3, -0.25) is 4.79 Å². The van der Waals surface area contributed by atoms with Gasteiger partial charge in [0, 0.05) is 6.42 Å². The number of hydrogen-bond acceptors (Lipinski definition) is 3. The summed E-state index contributed by atoms with van der Waals surface area (Å²) in [4.78, 5) is 21.7. The number of carboxylic acid groups (broad SMARTS) is 1. The van der Waals surface area contributed by atoms with E-state index in [4.69, 9.17) is 9.84 Å². The molecule has 0 aliphatic carbocycles. The quantitative estimate of drug-likeness (QED) is 0.810. The first kappa shape index (κ1) is 17.8. The fourth-order valence-electron chi connectivity index (χ4n) is 1.68. The summed E-state index contributed by atoms with van der Waals surface area (Å²) in [5, 5.41) is 10.1. The van der Waals surface area contributed by atoms with Crippen LogP contribution < -0.4 is 5.32 Å². The molecule has 0 bridgehead atoms. The summed E-state index contributed by atoms with van der Waals surface area (Å²) < 4.78 is 43.0. The lowest BCUT2D eigenvalue weighted by atomic mass is 10.1. The number of nitrogens with one attached hydrogen (secondary N) is 1. The van der Waals surface area contributed by atoms with Crippen LogP contribution in [0, 0.1) is 0 Å². The van der Waals surface area contributed by atoms with Crippen LogP contribution in [-0.4, -0.2) is 29.4 Å². The van der Waals surface area contributed by atoms with Gasteiger partial charge in [-0.1, -0.05) is 30.3 Å². The number of halogens is 3. The highest BCUT2D eigenvalue weighted by Crippen LogP contribution is 2.24. The second-order valence-electron chi connectivity index (χ2n) is 4.59. The summed E-state index contributed by atoms with van der Waals surface area (Å²) in [7, 11) is 0. The summed E-state index contributed by atoms with van der Waals surface area (Å²) in [6.07, 6.45) is -6.96. The van der Waals surface area contributed by atoms with Gasteiger partial charge in [0.25, 0.3) is 0 Å². The van der Waals surface area contributed by atoms with E-state index in [9.17, 15) is 22.8 Å². The van der Waals surface area contributed by atoms with E-state index in [1.165, 1.54) is 0 Å². The Labute approximate surface area is 125 Å². The van der Waals surface area contributed by atoms with Gasteiger partial charge >= 0.3 is 18.2 Å². The molecule has 8 heteroatoms. The molecule has 0 saturated heterocycles. The highest BCUT2D eigenvalue weighted by molar-refractivity contribution is 5.68. The molecule has 2 N–H and O–H groups in total. The summed E-state index contributed by atoms with van der Waals surface area (Å²) in [6.45, 7) is -0.146. The average molecular weight is 319 g/mol. The van der Waals surface area contributed by atoms with E-state index in [2.05, 4.69) is 0 Å². The van der Waals surface area contributed by atoms with Crippen LogP contribution in [-0.2, 0) is 16.1 Å². The normalized spacial score (nSPS) is 12.5. The van der Waals surface area contributed by atoms with E-state index < -0.39 is 37.1 Å². The first-order valence-corrected chi connectivity index (χ1v) is 6.54. The van der Waals surface area contributed by atoms with Gasteiger partial charge in [-0.25, -0.2) is 4.79 Å². The fourth-order valence-corrected chi connectivity index (χ4v) is 1.68. The predicted octanol–water partition coefficient (Wildman–Crippen LogP) is 3.10. The molecule has 0 heterocycles. The van der Waals surface area contributed by atoms with Gasteiger partial charge in [0.05, 0.1) is 0 Å². The summed E-state index contributed by atoms with van der Waals surface area (Å²) >= 11 is 0. The van der Waals surface area contributed by atoms with Crippen LogP contribution in [0.25, 0.3) is 0 Å². The minimum atomic E-state index is -4.66. The van der Waals surface area contributed by atoms with Gasteiger partial charge in [-0.15, -0.1) is 0 Å². The van der Waals surface area contributed by atoms with Gasteiger partial charge in [-0.2, -0.15) is 13.2 Å². The van der Waals surface area contributed by atoms with E-state index in [1.807, 2.05) is 0 Å². The maximum Gasteiger partial charge on any atom is 0.408 e. The third-order valence-electron chi connectivity index (χ3n) is 2.78. The van der Waals surface area contributed by atoms with Crippen molar-refractivity contribution >= 4 is 12.1 Å². The van der Waals surface area contributed by atoms with Crippen molar-refractivity contribution in [3.05, 3.63) is 35.9 Å². The summed E-state index contributed by atoms with van der Waals surface area (Å²) in [6, 6.07) is 6.38. The molecule has 1 amide bonds. The predicted molar refractivity (Wildman–Crippen MR) is 71.1 cm³/mol. The van der Waals surface area contributed by atoms with Gasteiger partial charge < -0.3 is 15.2 Å². The number of carbonyl (C=O) groups is 2. The minimum Gasteiger partial charge on any atom is -0.481 e. The standard InChI is InChI=1S/C14H16F3NO4/c15-14(16,17)11(7-4-8-12(19)20)18-13(21)22-9-10-5-2-1-3-6-10/h1-3,5-6,11H,4,7-9H2,(H,18,21)(H,19,20)/t11-/m0/s1. The molecule has 0 radical (unpaired) electrons. The molecule has 0 unspecified atom stereocenters. The molecule has 1 rings (SSSR count). The Morgan fingerprint density at radius 3 is 2.41 bits per heavy atom. The zero-order valence-corrected chi connectivity index (χ0v) is 11.6. The smallest absolute Gasteiger partial charge is 0.408 e. The maximum absolute atomic E-state index is 12.8. The number of rotatable bonds is 7. The SMILES string of the molecule is O=C(O)CCC[C@H](NC(=O)OCc1ccccc1)C(F)(F)F. The first-order chi connectivity index (χ1) is 10.3. The molecule has 0 aromatic heterocycles. The average Bonchev–Trinajstić information content (AvgIpc) is 2.44. The number of benzene rings is 1. The maximum atomic E-state index is 12.8.